The Kier molecular flexibility index (Phi) is 5.15. The molecule has 2 N–H and O–H groups in total. The maximum Gasteiger partial charge on any atom is 0.283 e. The molecule has 0 bridgehead atoms. The Balaban J connectivity index is 2.12. The summed E-state index contributed by atoms with van der Waals surface area (Å²) in [6.45, 7) is 3.62. The molecule has 1 aromatic carbocycles. The maximum absolute atomic E-state index is 12.0. The van der Waals surface area contributed by atoms with Gasteiger partial charge in [-0.25, -0.2) is 10.4 Å². The molecule has 0 aliphatic carbocycles. The van der Waals surface area contributed by atoms with Crippen molar-refractivity contribution in [2.24, 2.45) is 5.10 Å². The first-order valence-electron chi connectivity index (χ1n) is 6.27. The lowest BCUT2D eigenvalue weighted by molar-refractivity contribution is 0.0958. The summed E-state index contributed by atoms with van der Waals surface area (Å²) in [4.78, 5) is 16.7. The van der Waals surface area contributed by atoms with Crippen LogP contribution in [0, 0.1) is 13.8 Å². The quantitative estimate of drug-likeness (QED) is 0.627. The highest BCUT2D eigenvalue weighted by atomic mass is 79.9. The number of rotatable bonds is 4. The summed E-state index contributed by atoms with van der Waals surface area (Å²) in [5.41, 5.74) is 3.73. The zero-order chi connectivity index (χ0) is 16.3. The summed E-state index contributed by atoms with van der Waals surface area (Å²) in [7, 11) is 1.47. The molecule has 1 amide bonds. The van der Waals surface area contributed by atoms with Gasteiger partial charge in [0.15, 0.2) is 11.5 Å². The molecule has 2 aromatic rings. The number of phenols is 1. The molecule has 0 atom stereocenters. The van der Waals surface area contributed by atoms with Crippen molar-refractivity contribution >= 4 is 39.4 Å². The fourth-order valence-electron chi connectivity index (χ4n) is 1.78. The van der Waals surface area contributed by atoms with E-state index in [-0.39, 0.29) is 11.7 Å². The second-order valence-electron chi connectivity index (χ2n) is 4.37. The minimum Gasteiger partial charge on any atom is -0.503 e. The lowest BCUT2D eigenvalue weighted by Gasteiger charge is -2.06. The number of benzene rings is 1. The van der Waals surface area contributed by atoms with E-state index in [1.54, 1.807) is 19.1 Å². The minimum atomic E-state index is -0.312. The van der Waals surface area contributed by atoms with E-state index >= 15 is 0 Å². The molecule has 0 radical (unpaired) electrons. The first-order valence-corrected chi connectivity index (χ1v) is 7.88. The monoisotopic (exact) mass is 383 g/mol. The van der Waals surface area contributed by atoms with Gasteiger partial charge in [0.25, 0.3) is 5.91 Å². The number of amides is 1. The van der Waals surface area contributed by atoms with Crippen LogP contribution in [-0.4, -0.2) is 29.3 Å². The molecule has 22 heavy (non-hydrogen) atoms. The Labute approximate surface area is 140 Å². The van der Waals surface area contributed by atoms with Gasteiger partial charge in [0.05, 0.1) is 28.5 Å². The molecular formula is C14H14BrN3O3S. The average Bonchev–Trinajstić information content (AvgIpc) is 2.82. The van der Waals surface area contributed by atoms with Crippen molar-refractivity contribution in [3.05, 3.63) is 37.7 Å². The van der Waals surface area contributed by atoms with Gasteiger partial charge >= 0.3 is 0 Å². The number of ether oxygens (including phenoxy) is 1. The van der Waals surface area contributed by atoms with Crippen LogP contribution < -0.4 is 10.2 Å². The summed E-state index contributed by atoms with van der Waals surface area (Å²) >= 11 is 4.57. The van der Waals surface area contributed by atoms with E-state index in [1.807, 2.05) is 6.92 Å². The van der Waals surface area contributed by atoms with Gasteiger partial charge in [0, 0.05) is 5.56 Å². The van der Waals surface area contributed by atoms with Crippen molar-refractivity contribution in [1.82, 2.24) is 10.4 Å². The number of hydrogen-bond acceptors (Lipinski definition) is 6. The number of aromatic hydroxyl groups is 1. The molecule has 2 rings (SSSR count). The number of halogens is 1. The van der Waals surface area contributed by atoms with E-state index in [9.17, 15) is 9.90 Å². The van der Waals surface area contributed by atoms with Gasteiger partial charge < -0.3 is 9.84 Å². The van der Waals surface area contributed by atoms with Crippen molar-refractivity contribution in [2.75, 3.05) is 7.11 Å². The predicted octanol–water partition coefficient (Wildman–Crippen LogP) is 3.00. The fourth-order valence-corrected chi connectivity index (χ4v) is 3.02. The zero-order valence-corrected chi connectivity index (χ0v) is 14.6. The van der Waals surface area contributed by atoms with Crippen LogP contribution in [0.2, 0.25) is 0 Å². The SMILES string of the molecule is COc1ccc(/C=N/NC(=O)c2sc(C)nc2C)c(Br)c1O. The van der Waals surface area contributed by atoms with Crippen molar-refractivity contribution in [3.63, 3.8) is 0 Å². The molecule has 6 nitrogen and oxygen atoms in total. The number of aryl methyl sites for hydroxylation is 2. The molecule has 1 aromatic heterocycles. The molecule has 0 spiro atoms. The van der Waals surface area contributed by atoms with Gasteiger partial charge in [-0.15, -0.1) is 11.3 Å². The highest BCUT2D eigenvalue weighted by Gasteiger charge is 2.13. The minimum absolute atomic E-state index is 0.0216. The van der Waals surface area contributed by atoms with Gasteiger partial charge in [-0.3, -0.25) is 4.79 Å². The first-order chi connectivity index (χ1) is 10.4. The summed E-state index contributed by atoms with van der Waals surface area (Å²) in [5.74, 6) is 0.0173. The van der Waals surface area contributed by atoms with E-state index < -0.39 is 0 Å². The van der Waals surface area contributed by atoms with Gasteiger partial charge in [0.2, 0.25) is 0 Å². The van der Waals surface area contributed by atoms with Crippen LogP contribution in [0.3, 0.4) is 0 Å². The largest absolute Gasteiger partial charge is 0.503 e. The molecule has 0 aliphatic heterocycles. The molecule has 1 heterocycles. The maximum atomic E-state index is 12.0. The zero-order valence-electron chi connectivity index (χ0n) is 12.2. The number of hydrogen-bond donors (Lipinski definition) is 2. The molecule has 0 saturated heterocycles. The lowest BCUT2D eigenvalue weighted by atomic mass is 10.2. The van der Waals surface area contributed by atoms with E-state index in [2.05, 4.69) is 31.4 Å². The third-order valence-electron chi connectivity index (χ3n) is 2.81. The third kappa shape index (κ3) is 3.45. The smallest absolute Gasteiger partial charge is 0.283 e. The number of nitrogens with one attached hydrogen (secondary N) is 1. The number of thiazole rings is 1. The van der Waals surface area contributed by atoms with E-state index in [0.717, 1.165) is 5.01 Å². The second kappa shape index (κ2) is 6.89. The molecular weight excluding hydrogens is 370 g/mol. The van der Waals surface area contributed by atoms with Crippen molar-refractivity contribution < 1.29 is 14.6 Å². The van der Waals surface area contributed by atoms with Crippen LogP contribution >= 0.6 is 27.3 Å². The Hall–Kier alpha value is -1.93. The topological polar surface area (TPSA) is 83.8 Å². The average molecular weight is 384 g/mol. The predicted molar refractivity (Wildman–Crippen MR) is 89.0 cm³/mol. The van der Waals surface area contributed by atoms with E-state index in [4.69, 9.17) is 4.74 Å². The summed E-state index contributed by atoms with van der Waals surface area (Å²) in [6.07, 6.45) is 1.43. The molecule has 0 unspecified atom stereocenters. The molecule has 0 fully saturated rings. The lowest BCUT2D eigenvalue weighted by Crippen LogP contribution is -2.17. The van der Waals surface area contributed by atoms with Gasteiger partial charge in [-0.05, 0) is 41.9 Å². The Bertz CT molecular complexity index is 743. The number of aromatic nitrogens is 1. The van der Waals surface area contributed by atoms with E-state index in [0.29, 0.717) is 26.4 Å². The fraction of sp³-hybridized carbons (Fsp3) is 0.214. The van der Waals surface area contributed by atoms with Crippen LogP contribution in [0.1, 0.15) is 25.9 Å². The molecule has 116 valence electrons. The van der Waals surface area contributed by atoms with Crippen LogP contribution in [0.15, 0.2) is 21.7 Å². The van der Waals surface area contributed by atoms with Crippen LogP contribution in [0.25, 0.3) is 0 Å². The standard InChI is InChI=1S/C14H14BrN3O3S/c1-7-13(22-8(2)17-7)14(20)18-16-6-9-4-5-10(21-3)12(19)11(9)15/h4-6,19H,1-3H3,(H,18,20)/b16-6+. The molecule has 0 aliphatic rings. The normalized spacial score (nSPS) is 10.9. The van der Waals surface area contributed by atoms with Crippen LogP contribution in [0.5, 0.6) is 11.5 Å². The number of methoxy groups -OCH3 is 1. The van der Waals surface area contributed by atoms with Gasteiger partial charge in [-0.2, -0.15) is 5.10 Å². The highest BCUT2D eigenvalue weighted by molar-refractivity contribution is 9.10. The van der Waals surface area contributed by atoms with Crippen LogP contribution in [0.4, 0.5) is 0 Å². The van der Waals surface area contributed by atoms with Gasteiger partial charge in [-0.1, -0.05) is 0 Å². The Morgan fingerprint density at radius 2 is 2.23 bits per heavy atom. The molecule has 8 heteroatoms. The van der Waals surface area contributed by atoms with Crippen molar-refractivity contribution in [2.45, 2.75) is 13.8 Å². The molecule has 0 saturated carbocycles. The summed E-state index contributed by atoms with van der Waals surface area (Å²) in [5, 5.41) is 14.6. The number of carbonyl (C=O) groups excluding carboxylic acids is 1. The van der Waals surface area contributed by atoms with Gasteiger partial charge in [0.1, 0.15) is 4.88 Å². The second-order valence-corrected chi connectivity index (χ2v) is 6.36. The first kappa shape index (κ1) is 16.4. The number of hydrazone groups is 1. The van der Waals surface area contributed by atoms with Crippen molar-refractivity contribution in [1.29, 1.82) is 0 Å². The summed E-state index contributed by atoms with van der Waals surface area (Å²) < 4.78 is 5.44. The third-order valence-corrected chi connectivity index (χ3v) is 4.71. The number of nitrogens with zero attached hydrogens (tertiary/aromatic N) is 2. The highest BCUT2D eigenvalue weighted by Crippen LogP contribution is 2.35. The van der Waals surface area contributed by atoms with Crippen molar-refractivity contribution in [3.8, 4) is 11.5 Å². The summed E-state index contributed by atoms with van der Waals surface area (Å²) in [6, 6.07) is 3.32. The number of carbonyl (C=O) groups is 1. The number of phenolic OH excluding ortho intramolecular Hbond substituents is 1. The Morgan fingerprint density at radius 1 is 1.50 bits per heavy atom. The van der Waals surface area contributed by atoms with E-state index in [1.165, 1.54) is 24.7 Å². The van der Waals surface area contributed by atoms with Crippen LogP contribution in [-0.2, 0) is 0 Å². The Morgan fingerprint density at radius 3 is 2.82 bits per heavy atom.